The van der Waals surface area contributed by atoms with E-state index in [-0.39, 0.29) is 0 Å². The third kappa shape index (κ3) is 3.03. The molecule has 0 saturated heterocycles. The first-order valence-corrected chi connectivity index (χ1v) is 7.60. The van der Waals surface area contributed by atoms with E-state index in [9.17, 15) is 0 Å². The maximum absolute atomic E-state index is 4.15. The molecule has 0 N–H and O–H groups in total. The molecule has 10 nitrogen and oxygen atoms in total. The van der Waals surface area contributed by atoms with Crippen molar-refractivity contribution in [3.05, 3.63) is 36.7 Å². The predicted molar refractivity (Wildman–Crippen MR) is 85.3 cm³/mol. The van der Waals surface area contributed by atoms with Crippen LogP contribution < -0.4 is 0 Å². The molecular weight excluding hydrogens is 308 g/mol. The molecule has 124 valence electrons. The lowest BCUT2D eigenvalue weighted by atomic mass is 10.1. The van der Waals surface area contributed by atoms with Crippen LogP contribution in [0.15, 0.2) is 25.2 Å². The van der Waals surface area contributed by atoms with Crippen molar-refractivity contribution in [2.24, 2.45) is 0 Å². The molecule has 4 heterocycles. The number of nitrogens with zero attached hydrogens (tertiary/aromatic N) is 10. The quantitative estimate of drug-likeness (QED) is 0.541. The summed E-state index contributed by atoms with van der Waals surface area (Å²) in [4.78, 5) is 8.11. The average Bonchev–Trinajstić information content (AvgIpc) is 3.23. The highest BCUT2D eigenvalue weighted by molar-refractivity contribution is 5.26. The van der Waals surface area contributed by atoms with Crippen molar-refractivity contribution in [2.75, 3.05) is 0 Å². The van der Waals surface area contributed by atoms with Crippen molar-refractivity contribution >= 4 is 11.6 Å². The molecule has 4 aromatic rings. The summed E-state index contributed by atoms with van der Waals surface area (Å²) < 4.78 is 3.64. The van der Waals surface area contributed by atoms with Gasteiger partial charge in [-0.25, -0.2) is 4.98 Å². The molecule has 0 fully saturated rings. The Morgan fingerprint density at radius 3 is 2.12 bits per heavy atom. The van der Waals surface area contributed by atoms with Crippen LogP contribution in [-0.2, 0) is 0 Å². The van der Waals surface area contributed by atoms with Crippen LogP contribution in [0.25, 0.3) is 11.6 Å². The summed E-state index contributed by atoms with van der Waals surface area (Å²) >= 11 is 0. The number of fused-ring (bicyclic) bond motifs is 2. The molecule has 0 radical (unpaired) electrons. The van der Waals surface area contributed by atoms with Crippen LogP contribution in [0.3, 0.4) is 0 Å². The van der Waals surface area contributed by atoms with E-state index in [0.29, 0.717) is 23.4 Å². The molecule has 0 atom stereocenters. The normalized spacial score (nSPS) is 11.2. The fourth-order valence-corrected chi connectivity index (χ4v) is 2.22. The van der Waals surface area contributed by atoms with Crippen LogP contribution in [0, 0.1) is 0 Å². The Hall–Kier alpha value is -3.04. The van der Waals surface area contributed by atoms with Crippen LogP contribution in [0.2, 0.25) is 0 Å². The SMILES string of the molecule is CC(C)c1cnnc2nncn12.CC(C)c1ncnc2nncn12. The number of rotatable bonds is 2. The number of aromatic nitrogens is 10. The van der Waals surface area contributed by atoms with Gasteiger partial charge in [-0.15, -0.1) is 25.5 Å². The van der Waals surface area contributed by atoms with Gasteiger partial charge in [0.25, 0.3) is 11.6 Å². The van der Waals surface area contributed by atoms with E-state index in [1.54, 1.807) is 23.3 Å². The van der Waals surface area contributed by atoms with Gasteiger partial charge in [-0.1, -0.05) is 27.7 Å². The predicted octanol–water partition coefficient (Wildman–Crippen LogP) is 1.29. The molecule has 10 heteroatoms. The summed E-state index contributed by atoms with van der Waals surface area (Å²) in [5.74, 6) is 2.85. The van der Waals surface area contributed by atoms with Gasteiger partial charge in [-0.3, -0.25) is 8.80 Å². The fourth-order valence-electron chi connectivity index (χ4n) is 2.22. The first kappa shape index (κ1) is 15.8. The minimum Gasteiger partial charge on any atom is -0.267 e. The minimum absolute atomic E-state index is 0.353. The van der Waals surface area contributed by atoms with Crippen LogP contribution in [0.4, 0.5) is 0 Å². The van der Waals surface area contributed by atoms with Gasteiger partial charge >= 0.3 is 0 Å². The second kappa shape index (κ2) is 6.60. The van der Waals surface area contributed by atoms with Crippen LogP contribution >= 0.6 is 0 Å². The Balaban J connectivity index is 0.000000141. The molecule has 0 aromatic carbocycles. The lowest BCUT2D eigenvalue weighted by Gasteiger charge is -2.04. The van der Waals surface area contributed by atoms with Crippen LogP contribution in [0.1, 0.15) is 51.0 Å². The van der Waals surface area contributed by atoms with E-state index in [4.69, 9.17) is 0 Å². The summed E-state index contributed by atoms with van der Waals surface area (Å²) in [5.41, 5.74) is 1.07. The maximum Gasteiger partial charge on any atom is 0.274 e. The summed E-state index contributed by atoms with van der Waals surface area (Å²) in [5, 5.41) is 22.8. The van der Waals surface area contributed by atoms with E-state index in [2.05, 4.69) is 68.3 Å². The highest BCUT2D eigenvalue weighted by atomic mass is 15.3. The van der Waals surface area contributed by atoms with Gasteiger partial charge < -0.3 is 0 Å². The summed E-state index contributed by atoms with van der Waals surface area (Å²) in [6, 6.07) is 0. The standard InChI is InChI=1S/2C7H9N5/c1-5(2)6-8-3-9-7-11-10-4-12(6)7;1-5(2)6-3-8-10-7-11-9-4-12(6)7/h2*3-5H,1-2H3. The van der Waals surface area contributed by atoms with Crippen molar-refractivity contribution in [2.45, 2.75) is 39.5 Å². The number of hydrogen-bond donors (Lipinski definition) is 0. The van der Waals surface area contributed by atoms with E-state index in [1.807, 2.05) is 4.40 Å². The lowest BCUT2D eigenvalue weighted by molar-refractivity contribution is 0.739. The molecule has 0 aliphatic carbocycles. The van der Waals surface area contributed by atoms with Crippen LogP contribution in [0.5, 0.6) is 0 Å². The van der Waals surface area contributed by atoms with Gasteiger partial charge in [-0.2, -0.15) is 10.1 Å². The highest BCUT2D eigenvalue weighted by Gasteiger charge is 2.07. The molecule has 0 spiro atoms. The van der Waals surface area contributed by atoms with E-state index >= 15 is 0 Å². The average molecular weight is 326 g/mol. The molecule has 0 bridgehead atoms. The Kier molecular flexibility index (Phi) is 4.36. The zero-order valence-electron chi connectivity index (χ0n) is 13.9. The van der Waals surface area contributed by atoms with Crippen molar-refractivity contribution in [1.82, 2.24) is 49.4 Å². The van der Waals surface area contributed by atoms with Gasteiger partial charge in [-0.05, 0) is 5.92 Å². The zero-order chi connectivity index (χ0) is 17.1. The van der Waals surface area contributed by atoms with Crippen molar-refractivity contribution in [3.8, 4) is 0 Å². The van der Waals surface area contributed by atoms with E-state index < -0.39 is 0 Å². The summed E-state index contributed by atoms with van der Waals surface area (Å²) in [7, 11) is 0. The largest absolute Gasteiger partial charge is 0.274 e. The second-order valence-electron chi connectivity index (χ2n) is 5.81. The monoisotopic (exact) mass is 326 g/mol. The second-order valence-corrected chi connectivity index (χ2v) is 5.81. The molecule has 0 saturated carbocycles. The van der Waals surface area contributed by atoms with Crippen LogP contribution in [-0.4, -0.2) is 49.4 Å². The smallest absolute Gasteiger partial charge is 0.267 e. The third-order valence-corrected chi connectivity index (χ3v) is 3.39. The van der Waals surface area contributed by atoms with Crippen molar-refractivity contribution in [1.29, 1.82) is 0 Å². The number of hydrogen-bond acceptors (Lipinski definition) is 8. The van der Waals surface area contributed by atoms with E-state index in [0.717, 1.165) is 11.5 Å². The van der Waals surface area contributed by atoms with Crippen molar-refractivity contribution < 1.29 is 0 Å². The Morgan fingerprint density at radius 1 is 0.750 bits per heavy atom. The molecule has 4 rings (SSSR count). The molecule has 4 aromatic heterocycles. The highest BCUT2D eigenvalue weighted by Crippen LogP contribution is 2.12. The van der Waals surface area contributed by atoms with Gasteiger partial charge in [0.1, 0.15) is 24.8 Å². The Bertz CT molecular complexity index is 861. The maximum atomic E-state index is 4.15. The molecule has 0 aliphatic heterocycles. The topological polar surface area (TPSA) is 112 Å². The molecule has 0 unspecified atom stereocenters. The summed E-state index contributed by atoms with van der Waals surface area (Å²) in [6.07, 6.45) is 6.53. The Morgan fingerprint density at radius 2 is 1.42 bits per heavy atom. The molecule has 0 amide bonds. The van der Waals surface area contributed by atoms with Gasteiger partial charge in [0.05, 0.1) is 6.20 Å². The van der Waals surface area contributed by atoms with Gasteiger partial charge in [0.2, 0.25) is 0 Å². The lowest BCUT2D eigenvalue weighted by Crippen LogP contribution is -2.02. The Labute approximate surface area is 138 Å². The molecular formula is C14H18N10. The van der Waals surface area contributed by atoms with Crippen molar-refractivity contribution in [3.63, 3.8) is 0 Å². The minimum atomic E-state index is 0.353. The summed E-state index contributed by atoms with van der Waals surface area (Å²) in [6.45, 7) is 8.33. The molecule has 24 heavy (non-hydrogen) atoms. The fraction of sp³-hybridized carbons (Fsp3) is 0.429. The van der Waals surface area contributed by atoms with E-state index in [1.165, 1.54) is 6.33 Å². The first-order valence-electron chi connectivity index (χ1n) is 7.60. The third-order valence-electron chi connectivity index (χ3n) is 3.39. The molecule has 0 aliphatic rings. The zero-order valence-corrected chi connectivity index (χ0v) is 13.9. The first-order chi connectivity index (χ1) is 11.6. The van der Waals surface area contributed by atoms with Gasteiger partial charge in [0, 0.05) is 11.6 Å². The van der Waals surface area contributed by atoms with Gasteiger partial charge in [0.15, 0.2) is 0 Å².